The minimum atomic E-state index is -0.208. The molecule has 0 saturated carbocycles. The Kier molecular flexibility index (Phi) is 5.98. The monoisotopic (exact) mass is 408 g/mol. The van der Waals surface area contributed by atoms with Gasteiger partial charge in [0.2, 0.25) is 0 Å². The number of hydrogen-bond acceptors (Lipinski definition) is 2. The van der Waals surface area contributed by atoms with E-state index in [1.54, 1.807) is 12.1 Å². The molecular weight excluding hydrogens is 390 g/mol. The highest BCUT2D eigenvalue weighted by Crippen LogP contribution is 2.20. The molecule has 0 aliphatic rings. The van der Waals surface area contributed by atoms with Crippen LogP contribution in [0.1, 0.15) is 26.2 Å². The van der Waals surface area contributed by atoms with Gasteiger partial charge in [0.1, 0.15) is 5.82 Å². The summed E-state index contributed by atoms with van der Waals surface area (Å²) in [6.07, 6.45) is 3.11. The first-order chi connectivity index (χ1) is 9.63. The maximum Gasteiger partial charge on any atom is 0.178 e. The Morgan fingerprint density at radius 1 is 1.35 bits per heavy atom. The molecule has 0 spiro atoms. The van der Waals surface area contributed by atoms with Gasteiger partial charge in [0.15, 0.2) is 4.77 Å². The lowest BCUT2D eigenvalue weighted by molar-refractivity contribution is 0.126. The topological polar surface area (TPSA) is 29.9 Å². The Labute approximate surface area is 136 Å². The number of benzene rings is 1. The first kappa shape index (κ1) is 15.9. The second kappa shape index (κ2) is 7.51. The number of ether oxygens (including phenoxy) is 1. The van der Waals surface area contributed by atoms with Crippen LogP contribution in [0.4, 0.5) is 4.39 Å². The van der Waals surface area contributed by atoms with Crippen LogP contribution >= 0.6 is 34.8 Å². The summed E-state index contributed by atoms with van der Waals surface area (Å²) in [6, 6.07) is 3.33. The summed E-state index contributed by atoms with van der Waals surface area (Å²) in [5.74, 6) is -0.208. The van der Waals surface area contributed by atoms with Crippen molar-refractivity contribution in [3.63, 3.8) is 0 Å². The molecule has 0 amide bonds. The number of halogens is 2. The molecule has 0 aliphatic heterocycles. The molecule has 1 aromatic carbocycles. The predicted molar refractivity (Wildman–Crippen MR) is 90.1 cm³/mol. The van der Waals surface area contributed by atoms with E-state index in [2.05, 4.69) is 11.9 Å². The smallest absolute Gasteiger partial charge is 0.178 e. The van der Waals surface area contributed by atoms with Gasteiger partial charge in [-0.15, -0.1) is 0 Å². The second-order valence-electron chi connectivity index (χ2n) is 4.68. The van der Waals surface area contributed by atoms with Gasteiger partial charge in [-0.05, 0) is 53.7 Å². The Morgan fingerprint density at radius 3 is 2.85 bits per heavy atom. The van der Waals surface area contributed by atoms with E-state index in [1.165, 1.54) is 0 Å². The van der Waals surface area contributed by atoms with Crippen molar-refractivity contribution in [1.82, 2.24) is 9.55 Å². The minimum Gasteiger partial charge on any atom is -0.381 e. The Hall–Kier alpha value is -0.470. The number of fused-ring (bicyclic) bond motifs is 1. The minimum absolute atomic E-state index is 0.208. The van der Waals surface area contributed by atoms with Crippen molar-refractivity contribution in [2.75, 3.05) is 13.2 Å². The van der Waals surface area contributed by atoms with Crippen molar-refractivity contribution >= 4 is 45.8 Å². The fourth-order valence-corrected chi connectivity index (χ4v) is 2.81. The van der Waals surface area contributed by atoms with Crippen molar-refractivity contribution in [3.05, 3.63) is 26.3 Å². The molecule has 0 unspecified atom stereocenters. The molecular formula is C14H18FIN2OS. The lowest BCUT2D eigenvalue weighted by Crippen LogP contribution is -2.04. The maximum absolute atomic E-state index is 13.7. The Balaban J connectivity index is 2.04. The van der Waals surface area contributed by atoms with E-state index < -0.39 is 0 Å². The second-order valence-corrected chi connectivity index (χ2v) is 6.23. The number of imidazole rings is 1. The van der Waals surface area contributed by atoms with Crippen molar-refractivity contribution < 1.29 is 9.13 Å². The van der Waals surface area contributed by atoms with E-state index in [9.17, 15) is 4.39 Å². The molecule has 0 saturated heterocycles. The summed E-state index contributed by atoms with van der Waals surface area (Å²) in [4.78, 5) is 3.12. The first-order valence-electron chi connectivity index (χ1n) is 6.78. The van der Waals surface area contributed by atoms with Crippen molar-refractivity contribution in [2.24, 2.45) is 0 Å². The van der Waals surface area contributed by atoms with Crippen molar-refractivity contribution in [2.45, 2.75) is 32.7 Å². The highest BCUT2D eigenvalue weighted by Gasteiger charge is 2.08. The fourth-order valence-electron chi connectivity index (χ4n) is 2.05. The van der Waals surface area contributed by atoms with Crippen molar-refractivity contribution in [3.8, 4) is 0 Å². The van der Waals surface area contributed by atoms with Crippen LogP contribution in [0.3, 0.4) is 0 Å². The van der Waals surface area contributed by atoms with Crippen LogP contribution in [0.25, 0.3) is 11.0 Å². The molecule has 0 radical (unpaired) electrons. The van der Waals surface area contributed by atoms with Crippen molar-refractivity contribution in [1.29, 1.82) is 0 Å². The molecule has 6 heteroatoms. The number of unbranched alkanes of at least 4 members (excludes halogenated alkanes) is 1. The third-order valence-electron chi connectivity index (χ3n) is 3.13. The molecule has 0 bridgehead atoms. The van der Waals surface area contributed by atoms with Crippen LogP contribution in [-0.4, -0.2) is 22.8 Å². The molecule has 110 valence electrons. The zero-order valence-electron chi connectivity index (χ0n) is 11.4. The predicted octanol–water partition coefficient (Wildman–Crippen LogP) is 4.65. The number of aryl methyl sites for hydroxylation is 1. The van der Waals surface area contributed by atoms with E-state index in [-0.39, 0.29) is 5.82 Å². The largest absolute Gasteiger partial charge is 0.381 e. The average Bonchev–Trinajstić information content (AvgIpc) is 2.70. The third kappa shape index (κ3) is 3.79. The summed E-state index contributed by atoms with van der Waals surface area (Å²) < 4.78 is 22.4. The Bertz CT molecular complexity index is 638. The number of nitrogens with one attached hydrogen (secondary N) is 1. The van der Waals surface area contributed by atoms with Gasteiger partial charge in [-0.1, -0.05) is 13.3 Å². The summed E-state index contributed by atoms with van der Waals surface area (Å²) in [6.45, 7) is 4.40. The fraction of sp³-hybridized carbons (Fsp3) is 0.500. The van der Waals surface area contributed by atoms with Crippen LogP contribution in [-0.2, 0) is 11.3 Å². The standard InChI is InChI=1S/C14H18FIN2OS/c1-2-3-6-19-7-4-5-18-13-8-10(15)11(16)9-12(13)17-14(18)20/h8-9H,2-7H2,1H3,(H,17,20). The lowest BCUT2D eigenvalue weighted by Gasteiger charge is -2.06. The number of aromatic nitrogens is 2. The number of H-pyrrole nitrogens is 1. The van der Waals surface area contributed by atoms with Gasteiger partial charge in [-0.25, -0.2) is 4.39 Å². The summed E-state index contributed by atoms with van der Waals surface area (Å²) >= 11 is 7.28. The zero-order chi connectivity index (χ0) is 14.5. The first-order valence-corrected chi connectivity index (χ1v) is 8.27. The van der Waals surface area contributed by atoms with Gasteiger partial charge in [-0.3, -0.25) is 0 Å². The molecule has 2 rings (SSSR count). The molecule has 0 fully saturated rings. The van der Waals surface area contributed by atoms with Gasteiger partial charge >= 0.3 is 0 Å². The zero-order valence-corrected chi connectivity index (χ0v) is 14.4. The molecule has 1 heterocycles. The molecule has 1 N–H and O–H groups in total. The van der Waals surface area contributed by atoms with Crippen LogP contribution in [0.2, 0.25) is 0 Å². The molecule has 0 atom stereocenters. The van der Waals surface area contributed by atoms with Gasteiger partial charge in [0, 0.05) is 25.8 Å². The molecule has 0 aliphatic carbocycles. The molecule has 2 aromatic rings. The van der Waals surface area contributed by atoms with E-state index in [0.717, 1.165) is 43.4 Å². The average molecular weight is 408 g/mol. The van der Waals surface area contributed by atoms with E-state index in [1.807, 2.05) is 27.2 Å². The number of rotatable bonds is 7. The molecule has 1 aromatic heterocycles. The quantitative estimate of drug-likeness (QED) is 0.411. The molecule has 20 heavy (non-hydrogen) atoms. The van der Waals surface area contributed by atoms with Gasteiger partial charge < -0.3 is 14.3 Å². The number of aromatic amines is 1. The van der Waals surface area contributed by atoms with Gasteiger partial charge in [-0.2, -0.15) is 0 Å². The highest BCUT2D eigenvalue weighted by molar-refractivity contribution is 14.1. The number of hydrogen-bond donors (Lipinski definition) is 1. The van der Waals surface area contributed by atoms with Crippen LogP contribution in [0.5, 0.6) is 0 Å². The summed E-state index contributed by atoms with van der Waals surface area (Å²) in [5, 5.41) is 0. The highest BCUT2D eigenvalue weighted by atomic mass is 127. The van der Waals surface area contributed by atoms with Gasteiger partial charge in [0.05, 0.1) is 14.6 Å². The van der Waals surface area contributed by atoms with E-state index in [0.29, 0.717) is 14.9 Å². The maximum atomic E-state index is 13.7. The molecule has 3 nitrogen and oxygen atoms in total. The normalized spacial score (nSPS) is 11.3. The van der Waals surface area contributed by atoms with Crippen LogP contribution in [0.15, 0.2) is 12.1 Å². The van der Waals surface area contributed by atoms with Gasteiger partial charge in [0.25, 0.3) is 0 Å². The lowest BCUT2D eigenvalue weighted by atomic mass is 10.3. The van der Waals surface area contributed by atoms with Crippen LogP contribution < -0.4 is 0 Å². The summed E-state index contributed by atoms with van der Waals surface area (Å²) in [7, 11) is 0. The van der Waals surface area contributed by atoms with E-state index in [4.69, 9.17) is 17.0 Å². The summed E-state index contributed by atoms with van der Waals surface area (Å²) in [5.41, 5.74) is 1.70. The van der Waals surface area contributed by atoms with E-state index >= 15 is 0 Å². The SMILES string of the molecule is CCCCOCCCn1c(=S)[nH]c2cc(I)c(F)cc21. The number of nitrogens with zero attached hydrogens (tertiary/aromatic N) is 1. The Morgan fingerprint density at radius 2 is 2.10 bits per heavy atom. The third-order valence-corrected chi connectivity index (χ3v) is 4.28. The van der Waals surface area contributed by atoms with Crippen LogP contribution in [0, 0.1) is 14.2 Å².